The van der Waals surface area contributed by atoms with Gasteiger partial charge in [-0.25, -0.2) is 4.39 Å². The lowest BCUT2D eigenvalue weighted by Gasteiger charge is -2.16. The van der Waals surface area contributed by atoms with Crippen LogP contribution in [0.3, 0.4) is 0 Å². The van der Waals surface area contributed by atoms with Gasteiger partial charge in [0.2, 0.25) is 0 Å². The SMILES string of the molecule is NCCC(CCc1ccc(F)cc1)c1ccncc1. The van der Waals surface area contributed by atoms with Gasteiger partial charge in [-0.3, -0.25) is 4.98 Å². The summed E-state index contributed by atoms with van der Waals surface area (Å²) in [6.45, 7) is 0.677. The highest BCUT2D eigenvalue weighted by Gasteiger charge is 2.10. The molecule has 0 radical (unpaired) electrons. The van der Waals surface area contributed by atoms with Crippen LogP contribution in [-0.2, 0) is 6.42 Å². The quantitative estimate of drug-likeness (QED) is 0.863. The Labute approximate surface area is 113 Å². The number of halogens is 1. The third-order valence-corrected chi connectivity index (χ3v) is 3.39. The summed E-state index contributed by atoms with van der Waals surface area (Å²) in [5.74, 6) is 0.259. The second kappa shape index (κ2) is 7.00. The van der Waals surface area contributed by atoms with E-state index in [2.05, 4.69) is 4.98 Å². The van der Waals surface area contributed by atoms with E-state index in [-0.39, 0.29) is 5.82 Å². The largest absolute Gasteiger partial charge is 0.330 e. The van der Waals surface area contributed by atoms with Gasteiger partial charge in [0.25, 0.3) is 0 Å². The van der Waals surface area contributed by atoms with Crippen LogP contribution in [0.25, 0.3) is 0 Å². The van der Waals surface area contributed by atoms with Crippen molar-refractivity contribution in [1.82, 2.24) is 4.98 Å². The number of rotatable bonds is 6. The number of nitrogens with zero attached hydrogens (tertiary/aromatic N) is 1. The molecular weight excluding hydrogens is 239 g/mol. The van der Waals surface area contributed by atoms with Gasteiger partial charge in [0.1, 0.15) is 5.82 Å². The molecule has 1 atom stereocenters. The van der Waals surface area contributed by atoms with Crippen molar-refractivity contribution in [2.24, 2.45) is 5.73 Å². The van der Waals surface area contributed by atoms with Gasteiger partial charge in [0, 0.05) is 12.4 Å². The molecule has 19 heavy (non-hydrogen) atoms. The number of benzene rings is 1. The van der Waals surface area contributed by atoms with Gasteiger partial charge in [-0.15, -0.1) is 0 Å². The van der Waals surface area contributed by atoms with Crippen molar-refractivity contribution in [2.45, 2.75) is 25.2 Å². The van der Waals surface area contributed by atoms with E-state index in [4.69, 9.17) is 5.73 Å². The molecule has 0 aliphatic heterocycles. The molecule has 1 heterocycles. The summed E-state index contributed by atoms with van der Waals surface area (Å²) in [5.41, 5.74) is 8.13. The second-order valence-electron chi connectivity index (χ2n) is 4.72. The van der Waals surface area contributed by atoms with Gasteiger partial charge >= 0.3 is 0 Å². The van der Waals surface area contributed by atoms with Crippen molar-refractivity contribution < 1.29 is 4.39 Å². The zero-order chi connectivity index (χ0) is 13.5. The summed E-state index contributed by atoms with van der Waals surface area (Å²) in [6, 6.07) is 10.8. The maximum absolute atomic E-state index is 12.8. The van der Waals surface area contributed by atoms with Crippen LogP contribution in [-0.4, -0.2) is 11.5 Å². The normalized spacial score (nSPS) is 12.3. The van der Waals surface area contributed by atoms with Crippen molar-refractivity contribution >= 4 is 0 Å². The van der Waals surface area contributed by atoms with Gasteiger partial charge in [-0.2, -0.15) is 0 Å². The predicted octanol–water partition coefficient (Wildman–Crippen LogP) is 3.29. The van der Waals surface area contributed by atoms with Crippen LogP contribution in [0.5, 0.6) is 0 Å². The zero-order valence-corrected chi connectivity index (χ0v) is 10.9. The third kappa shape index (κ3) is 4.14. The molecule has 0 saturated carbocycles. The first-order chi connectivity index (χ1) is 9.29. The topological polar surface area (TPSA) is 38.9 Å². The van der Waals surface area contributed by atoms with Gasteiger partial charge in [-0.05, 0) is 67.1 Å². The summed E-state index contributed by atoms with van der Waals surface area (Å²) in [4.78, 5) is 4.04. The summed E-state index contributed by atoms with van der Waals surface area (Å²) >= 11 is 0. The Morgan fingerprint density at radius 3 is 2.32 bits per heavy atom. The highest BCUT2D eigenvalue weighted by Crippen LogP contribution is 2.24. The molecule has 1 aromatic carbocycles. The predicted molar refractivity (Wildman–Crippen MR) is 75.4 cm³/mol. The maximum atomic E-state index is 12.8. The fraction of sp³-hybridized carbons (Fsp3) is 0.312. The molecule has 0 spiro atoms. The summed E-state index contributed by atoms with van der Waals surface area (Å²) in [7, 11) is 0. The van der Waals surface area contributed by atoms with Crippen LogP contribution in [0, 0.1) is 5.82 Å². The van der Waals surface area contributed by atoms with E-state index < -0.39 is 0 Å². The van der Waals surface area contributed by atoms with Gasteiger partial charge in [0.15, 0.2) is 0 Å². The second-order valence-corrected chi connectivity index (χ2v) is 4.72. The van der Waals surface area contributed by atoms with E-state index in [9.17, 15) is 4.39 Å². The van der Waals surface area contributed by atoms with Crippen molar-refractivity contribution in [1.29, 1.82) is 0 Å². The minimum Gasteiger partial charge on any atom is -0.330 e. The van der Waals surface area contributed by atoms with Crippen LogP contribution in [0.2, 0.25) is 0 Å². The molecule has 2 aromatic rings. The first kappa shape index (κ1) is 13.7. The van der Waals surface area contributed by atoms with Crippen LogP contribution in [0.1, 0.15) is 29.9 Å². The van der Waals surface area contributed by atoms with E-state index in [0.29, 0.717) is 12.5 Å². The number of hydrogen-bond acceptors (Lipinski definition) is 2. The van der Waals surface area contributed by atoms with E-state index in [1.54, 1.807) is 0 Å². The molecule has 0 fully saturated rings. The van der Waals surface area contributed by atoms with Crippen LogP contribution < -0.4 is 5.73 Å². The van der Waals surface area contributed by atoms with E-state index in [1.165, 1.54) is 17.7 Å². The Morgan fingerprint density at radius 2 is 1.68 bits per heavy atom. The van der Waals surface area contributed by atoms with Gasteiger partial charge in [0.05, 0.1) is 0 Å². The molecule has 0 aliphatic rings. The number of aromatic nitrogens is 1. The molecule has 3 heteroatoms. The minimum atomic E-state index is -0.184. The highest BCUT2D eigenvalue weighted by molar-refractivity contribution is 5.19. The minimum absolute atomic E-state index is 0.184. The van der Waals surface area contributed by atoms with Crippen molar-refractivity contribution in [3.05, 3.63) is 65.7 Å². The van der Waals surface area contributed by atoms with Crippen LogP contribution in [0.15, 0.2) is 48.8 Å². The van der Waals surface area contributed by atoms with E-state index >= 15 is 0 Å². The lowest BCUT2D eigenvalue weighted by atomic mass is 9.90. The van der Waals surface area contributed by atoms with E-state index in [1.807, 2.05) is 36.7 Å². The molecule has 2 N–H and O–H groups in total. The molecule has 2 rings (SSSR count). The smallest absolute Gasteiger partial charge is 0.123 e. The number of hydrogen-bond donors (Lipinski definition) is 1. The molecule has 0 amide bonds. The molecule has 0 bridgehead atoms. The fourth-order valence-corrected chi connectivity index (χ4v) is 2.31. The monoisotopic (exact) mass is 258 g/mol. The Kier molecular flexibility index (Phi) is 5.04. The first-order valence-corrected chi connectivity index (χ1v) is 6.64. The average molecular weight is 258 g/mol. The van der Waals surface area contributed by atoms with Crippen molar-refractivity contribution in [2.75, 3.05) is 6.54 Å². The molecule has 0 aliphatic carbocycles. The Hall–Kier alpha value is -1.74. The zero-order valence-electron chi connectivity index (χ0n) is 10.9. The number of nitrogens with two attached hydrogens (primary N) is 1. The molecular formula is C16H19FN2. The molecule has 100 valence electrons. The molecule has 1 aromatic heterocycles. The third-order valence-electron chi connectivity index (χ3n) is 3.39. The van der Waals surface area contributed by atoms with Crippen molar-refractivity contribution in [3.63, 3.8) is 0 Å². The average Bonchev–Trinajstić information content (AvgIpc) is 2.46. The van der Waals surface area contributed by atoms with E-state index in [0.717, 1.165) is 24.8 Å². The standard InChI is InChI=1S/C16H19FN2/c17-16-5-2-13(3-6-16)1-4-14(7-10-18)15-8-11-19-12-9-15/h2-3,5-6,8-9,11-12,14H,1,4,7,10,18H2. The summed E-state index contributed by atoms with van der Waals surface area (Å²) < 4.78 is 12.8. The van der Waals surface area contributed by atoms with Crippen molar-refractivity contribution in [3.8, 4) is 0 Å². The van der Waals surface area contributed by atoms with Crippen LogP contribution in [0.4, 0.5) is 4.39 Å². The fourth-order valence-electron chi connectivity index (χ4n) is 2.31. The van der Waals surface area contributed by atoms with Gasteiger partial charge in [-0.1, -0.05) is 12.1 Å². The number of aryl methyl sites for hydroxylation is 1. The van der Waals surface area contributed by atoms with Crippen LogP contribution >= 0.6 is 0 Å². The molecule has 2 nitrogen and oxygen atoms in total. The lowest BCUT2D eigenvalue weighted by molar-refractivity contribution is 0.582. The molecule has 1 unspecified atom stereocenters. The van der Waals surface area contributed by atoms with Gasteiger partial charge < -0.3 is 5.73 Å². The first-order valence-electron chi connectivity index (χ1n) is 6.64. The Balaban J connectivity index is 1.99. The Bertz CT molecular complexity index is 482. The highest BCUT2D eigenvalue weighted by atomic mass is 19.1. The lowest BCUT2D eigenvalue weighted by Crippen LogP contribution is -2.08. The molecule has 0 saturated heterocycles. The maximum Gasteiger partial charge on any atom is 0.123 e. The summed E-state index contributed by atoms with van der Waals surface area (Å²) in [5, 5.41) is 0. The Morgan fingerprint density at radius 1 is 1.00 bits per heavy atom. The summed E-state index contributed by atoms with van der Waals surface area (Å²) in [6.07, 6.45) is 6.55. The number of pyridine rings is 1.